The van der Waals surface area contributed by atoms with Crippen LogP contribution in [0.2, 0.25) is 4.34 Å². The first-order chi connectivity index (χ1) is 7.79. The predicted octanol–water partition coefficient (Wildman–Crippen LogP) is 2.73. The summed E-state index contributed by atoms with van der Waals surface area (Å²) in [7, 11) is 0. The molecule has 0 atom stereocenters. The van der Waals surface area contributed by atoms with Gasteiger partial charge in [0, 0.05) is 17.3 Å². The van der Waals surface area contributed by atoms with Gasteiger partial charge in [-0.15, -0.1) is 15.3 Å². The third-order valence-corrected chi connectivity index (χ3v) is 3.91. The number of nitrogens with zero attached hydrogens (tertiary/aromatic N) is 4. The van der Waals surface area contributed by atoms with E-state index in [1.807, 2.05) is 6.26 Å². The maximum Gasteiger partial charge on any atom is 0.276 e. The summed E-state index contributed by atoms with van der Waals surface area (Å²) in [4.78, 5) is 0. The van der Waals surface area contributed by atoms with Gasteiger partial charge in [0.25, 0.3) is 5.22 Å². The molecule has 0 amide bonds. The molecule has 0 N–H and O–H groups in total. The minimum absolute atomic E-state index is 0.535. The molecule has 0 saturated heterocycles. The summed E-state index contributed by atoms with van der Waals surface area (Å²) in [6, 6.07) is 0. The van der Waals surface area contributed by atoms with Gasteiger partial charge in [0.15, 0.2) is 0 Å². The molecule has 0 aliphatic carbocycles. The Labute approximate surface area is 110 Å². The minimum Gasteiger partial charge on any atom is -0.415 e. The number of halogens is 1. The normalized spacial score (nSPS) is 10.9. The van der Waals surface area contributed by atoms with Gasteiger partial charge >= 0.3 is 0 Å². The average Bonchev–Trinajstić information content (AvgIpc) is 2.86. The molecule has 0 saturated carbocycles. The maximum absolute atomic E-state index is 5.87. The third kappa shape index (κ3) is 3.09. The molecule has 0 aliphatic heterocycles. The molecule has 2 aromatic rings. The lowest BCUT2D eigenvalue weighted by Gasteiger charge is -1.91. The molecule has 0 unspecified atom stereocenters. The van der Waals surface area contributed by atoms with E-state index in [0.29, 0.717) is 21.2 Å². The van der Waals surface area contributed by atoms with E-state index in [1.165, 1.54) is 23.3 Å². The Morgan fingerprint density at radius 2 is 2.19 bits per heavy atom. The molecule has 0 radical (unpaired) electrons. The zero-order valence-electron chi connectivity index (χ0n) is 8.21. The smallest absolute Gasteiger partial charge is 0.276 e. The van der Waals surface area contributed by atoms with Gasteiger partial charge in [0.1, 0.15) is 10.0 Å². The van der Waals surface area contributed by atoms with E-state index in [-0.39, 0.29) is 0 Å². The minimum atomic E-state index is 0.535. The van der Waals surface area contributed by atoms with Crippen LogP contribution < -0.4 is 0 Å². The van der Waals surface area contributed by atoms with E-state index < -0.39 is 0 Å². The van der Waals surface area contributed by atoms with Gasteiger partial charge in [-0.1, -0.05) is 27.9 Å². The Bertz CT molecular complexity index is 460. The molecular formula is C7H7ClN4OS3. The molecule has 5 nitrogen and oxygen atoms in total. The highest BCUT2D eigenvalue weighted by molar-refractivity contribution is 7.98. The molecule has 0 aliphatic rings. The van der Waals surface area contributed by atoms with Crippen molar-refractivity contribution >= 4 is 46.7 Å². The summed E-state index contributed by atoms with van der Waals surface area (Å²) in [5.41, 5.74) is 0.751. The van der Waals surface area contributed by atoms with Gasteiger partial charge in [-0.25, -0.2) is 0 Å². The SMILES string of the molecule is CSCc1nnc(SCc2nnsc2Cl)o1. The molecule has 86 valence electrons. The first-order valence-corrected chi connectivity index (χ1v) is 7.73. The van der Waals surface area contributed by atoms with E-state index in [1.54, 1.807) is 11.8 Å². The van der Waals surface area contributed by atoms with Gasteiger partial charge < -0.3 is 4.42 Å². The fourth-order valence-corrected chi connectivity index (χ4v) is 2.77. The Morgan fingerprint density at radius 1 is 1.31 bits per heavy atom. The van der Waals surface area contributed by atoms with Gasteiger partial charge in [-0.3, -0.25) is 0 Å². The number of hydrogen-bond donors (Lipinski definition) is 0. The standard InChI is InChI=1S/C7H7ClN4OS3/c1-14-3-5-10-11-7(13-5)15-2-4-6(8)16-12-9-4/h2-3H2,1H3. The van der Waals surface area contributed by atoms with Crippen molar-refractivity contribution in [1.82, 2.24) is 19.8 Å². The van der Waals surface area contributed by atoms with Crippen molar-refractivity contribution in [2.75, 3.05) is 6.26 Å². The summed E-state index contributed by atoms with van der Waals surface area (Å²) >= 11 is 10.1. The van der Waals surface area contributed by atoms with Crippen molar-refractivity contribution in [3.63, 3.8) is 0 Å². The van der Waals surface area contributed by atoms with Gasteiger partial charge in [0.05, 0.1) is 5.75 Å². The van der Waals surface area contributed by atoms with Gasteiger partial charge in [0.2, 0.25) is 5.89 Å². The Balaban J connectivity index is 1.92. The summed E-state index contributed by atoms with van der Waals surface area (Å²) in [6.45, 7) is 0. The second kappa shape index (κ2) is 5.85. The Hall–Kier alpha value is -0.310. The van der Waals surface area contributed by atoms with Crippen LogP contribution in [0.5, 0.6) is 0 Å². The van der Waals surface area contributed by atoms with Crippen LogP contribution in [0.1, 0.15) is 11.6 Å². The van der Waals surface area contributed by atoms with Crippen molar-refractivity contribution in [2.45, 2.75) is 16.7 Å². The third-order valence-electron chi connectivity index (χ3n) is 1.56. The largest absolute Gasteiger partial charge is 0.415 e. The topological polar surface area (TPSA) is 64.7 Å². The summed E-state index contributed by atoms with van der Waals surface area (Å²) in [5.74, 6) is 1.96. The van der Waals surface area contributed by atoms with Gasteiger partial charge in [-0.05, 0) is 6.26 Å². The number of aromatic nitrogens is 4. The van der Waals surface area contributed by atoms with Crippen molar-refractivity contribution in [2.24, 2.45) is 0 Å². The Morgan fingerprint density at radius 3 is 2.88 bits per heavy atom. The van der Waals surface area contributed by atoms with E-state index in [2.05, 4.69) is 19.8 Å². The highest BCUT2D eigenvalue weighted by Gasteiger charge is 2.10. The van der Waals surface area contributed by atoms with Crippen LogP contribution in [0, 0.1) is 0 Å². The zero-order valence-corrected chi connectivity index (χ0v) is 11.4. The first kappa shape index (κ1) is 12.2. The molecular weight excluding hydrogens is 288 g/mol. The van der Waals surface area contributed by atoms with Crippen molar-refractivity contribution in [3.05, 3.63) is 15.9 Å². The van der Waals surface area contributed by atoms with Crippen molar-refractivity contribution in [1.29, 1.82) is 0 Å². The molecule has 0 spiro atoms. The summed E-state index contributed by atoms with van der Waals surface area (Å²) < 4.78 is 9.75. The van der Waals surface area contributed by atoms with E-state index >= 15 is 0 Å². The molecule has 0 bridgehead atoms. The van der Waals surface area contributed by atoms with E-state index in [0.717, 1.165) is 11.4 Å². The maximum atomic E-state index is 5.87. The van der Waals surface area contributed by atoms with Crippen molar-refractivity contribution in [3.8, 4) is 0 Å². The molecule has 16 heavy (non-hydrogen) atoms. The first-order valence-electron chi connectivity index (χ1n) is 4.20. The van der Waals surface area contributed by atoms with Crippen LogP contribution in [0.4, 0.5) is 0 Å². The number of rotatable bonds is 5. The summed E-state index contributed by atoms with van der Waals surface area (Å²) in [5, 5.41) is 12.2. The van der Waals surface area contributed by atoms with Crippen LogP contribution in [0.15, 0.2) is 9.64 Å². The monoisotopic (exact) mass is 294 g/mol. The summed E-state index contributed by atoms with van der Waals surface area (Å²) in [6.07, 6.45) is 1.98. The lowest BCUT2D eigenvalue weighted by Crippen LogP contribution is -1.82. The fraction of sp³-hybridized carbons (Fsp3) is 0.429. The second-order valence-corrected chi connectivity index (χ2v) is 5.83. The highest BCUT2D eigenvalue weighted by atomic mass is 35.5. The van der Waals surface area contributed by atoms with Crippen molar-refractivity contribution < 1.29 is 4.42 Å². The van der Waals surface area contributed by atoms with Crippen LogP contribution >= 0.6 is 46.7 Å². The Kier molecular flexibility index (Phi) is 4.45. The zero-order chi connectivity index (χ0) is 11.4. The predicted molar refractivity (Wildman–Crippen MR) is 66.0 cm³/mol. The lowest BCUT2D eigenvalue weighted by molar-refractivity contribution is 0.426. The van der Waals surface area contributed by atoms with E-state index in [4.69, 9.17) is 16.0 Å². The van der Waals surface area contributed by atoms with Crippen LogP contribution in [0.3, 0.4) is 0 Å². The fourth-order valence-electron chi connectivity index (χ4n) is 0.892. The number of thioether (sulfide) groups is 2. The average molecular weight is 295 g/mol. The van der Waals surface area contributed by atoms with Crippen LogP contribution in [0.25, 0.3) is 0 Å². The molecule has 0 aromatic carbocycles. The molecule has 2 heterocycles. The van der Waals surface area contributed by atoms with Crippen LogP contribution in [-0.2, 0) is 11.5 Å². The van der Waals surface area contributed by atoms with Crippen LogP contribution in [-0.4, -0.2) is 26.0 Å². The lowest BCUT2D eigenvalue weighted by atomic mass is 10.6. The number of hydrogen-bond acceptors (Lipinski definition) is 8. The van der Waals surface area contributed by atoms with E-state index in [9.17, 15) is 0 Å². The highest BCUT2D eigenvalue weighted by Crippen LogP contribution is 2.26. The molecule has 0 fully saturated rings. The van der Waals surface area contributed by atoms with Gasteiger partial charge in [-0.2, -0.15) is 11.8 Å². The molecule has 2 aromatic heterocycles. The second-order valence-electron chi connectivity index (χ2n) is 2.68. The molecule has 9 heteroatoms. The molecule has 2 rings (SSSR count). The quantitative estimate of drug-likeness (QED) is 0.786.